The Balaban J connectivity index is 1.68. The first-order chi connectivity index (χ1) is 9.74. The van der Waals surface area contributed by atoms with Crippen molar-refractivity contribution in [3.63, 3.8) is 0 Å². The highest BCUT2D eigenvalue weighted by molar-refractivity contribution is 5.36. The van der Waals surface area contributed by atoms with Gasteiger partial charge in [-0.2, -0.15) is 4.98 Å². The quantitative estimate of drug-likeness (QED) is 0.906. The zero-order valence-corrected chi connectivity index (χ0v) is 12.1. The van der Waals surface area contributed by atoms with E-state index in [1.807, 2.05) is 7.05 Å². The summed E-state index contributed by atoms with van der Waals surface area (Å²) in [6, 6.07) is 7.09. The van der Waals surface area contributed by atoms with Crippen LogP contribution in [0.3, 0.4) is 0 Å². The molecular weight excluding hydrogens is 250 g/mol. The maximum absolute atomic E-state index is 5.34. The van der Waals surface area contributed by atoms with Crippen molar-refractivity contribution >= 4 is 0 Å². The van der Waals surface area contributed by atoms with Crippen LogP contribution in [0.4, 0.5) is 0 Å². The average molecular weight is 271 g/mol. The van der Waals surface area contributed by atoms with Crippen LogP contribution in [-0.2, 0) is 25.7 Å². The Hall–Kier alpha value is -1.68. The highest BCUT2D eigenvalue weighted by atomic mass is 16.5. The largest absolute Gasteiger partial charge is 0.339 e. The summed E-state index contributed by atoms with van der Waals surface area (Å²) in [6.45, 7) is 2.11. The zero-order chi connectivity index (χ0) is 13.9. The van der Waals surface area contributed by atoms with Crippen molar-refractivity contribution in [2.24, 2.45) is 0 Å². The summed E-state index contributed by atoms with van der Waals surface area (Å²) in [6.07, 6.45) is 5.24. The van der Waals surface area contributed by atoms with Crippen molar-refractivity contribution < 1.29 is 4.52 Å². The van der Waals surface area contributed by atoms with Gasteiger partial charge >= 0.3 is 0 Å². The number of likely N-dealkylation sites (N-methyl/N-ethyl adjacent to an activating group) is 1. The maximum atomic E-state index is 5.34. The van der Waals surface area contributed by atoms with Crippen LogP contribution in [0.15, 0.2) is 22.7 Å². The third-order valence-electron chi connectivity index (χ3n) is 4.01. The number of aryl methyl sites for hydroxylation is 2. The molecule has 0 saturated heterocycles. The molecule has 1 heterocycles. The molecular formula is C16H21N3O. The Morgan fingerprint density at radius 1 is 1.30 bits per heavy atom. The minimum Gasteiger partial charge on any atom is -0.339 e. The molecule has 0 bridgehead atoms. The molecule has 4 nitrogen and oxygen atoms in total. The fraction of sp³-hybridized carbons (Fsp3) is 0.500. The van der Waals surface area contributed by atoms with Gasteiger partial charge in [0, 0.05) is 12.5 Å². The molecule has 3 rings (SSSR count). The Labute approximate surface area is 119 Å². The molecule has 1 unspecified atom stereocenters. The summed E-state index contributed by atoms with van der Waals surface area (Å²) < 4.78 is 5.34. The van der Waals surface area contributed by atoms with Crippen LogP contribution >= 0.6 is 0 Å². The lowest BCUT2D eigenvalue weighted by Gasteiger charge is -2.04. The summed E-state index contributed by atoms with van der Waals surface area (Å²) in [5.41, 5.74) is 4.26. The van der Waals surface area contributed by atoms with Crippen molar-refractivity contribution in [2.45, 2.75) is 45.1 Å². The van der Waals surface area contributed by atoms with Crippen LogP contribution in [0.5, 0.6) is 0 Å². The van der Waals surface area contributed by atoms with Gasteiger partial charge in [-0.25, -0.2) is 0 Å². The molecule has 1 atom stereocenters. The molecule has 1 N–H and O–H groups in total. The van der Waals surface area contributed by atoms with Crippen LogP contribution in [0.2, 0.25) is 0 Å². The van der Waals surface area contributed by atoms with Crippen molar-refractivity contribution in [3.8, 4) is 0 Å². The van der Waals surface area contributed by atoms with Crippen molar-refractivity contribution in [3.05, 3.63) is 46.6 Å². The van der Waals surface area contributed by atoms with Gasteiger partial charge in [-0.1, -0.05) is 23.4 Å². The van der Waals surface area contributed by atoms with Gasteiger partial charge in [-0.3, -0.25) is 0 Å². The van der Waals surface area contributed by atoms with Crippen LogP contribution in [0.1, 0.15) is 41.8 Å². The molecule has 0 aliphatic heterocycles. The van der Waals surface area contributed by atoms with E-state index in [1.54, 1.807) is 0 Å². The van der Waals surface area contributed by atoms with Crippen molar-refractivity contribution in [1.29, 1.82) is 0 Å². The van der Waals surface area contributed by atoms with Gasteiger partial charge in [0.1, 0.15) is 0 Å². The second kappa shape index (κ2) is 5.75. The molecule has 0 fully saturated rings. The van der Waals surface area contributed by atoms with E-state index in [-0.39, 0.29) is 0 Å². The molecule has 1 aliphatic carbocycles. The van der Waals surface area contributed by atoms with Gasteiger partial charge in [0.25, 0.3) is 0 Å². The van der Waals surface area contributed by atoms with Gasteiger partial charge in [0.15, 0.2) is 5.82 Å². The molecule has 1 aromatic heterocycles. The minimum atomic E-state index is 0.362. The van der Waals surface area contributed by atoms with E-state index in [4.69, 9.17) is 4.52 Å². The smallest absolute Gasteiger partial charge is 0.231 e. The van der Waals surface area contributed by atoms with Gasteiger partial charge in [0.2, 0.25) is 5.89 Å². The fourth-order valence-corrected chi connectivity index (χ4v) is 2.73. The monoisotopic (exact) mass is 271 g/mol. The molecule has 4 heteroatoms. The average Bonchev–Trinajstić information content (AvgIpc) is 3.07. The maximum Gasteiger partial charge on any atom is 0.231 e. The van der Waals surface area contributed by atoms with E-state index >= 15 is 0 Å². The lowest BCUT2D eigenvalue weighted by molar-refractivity contribution is 0.377. The lowest BCUT2D eigenvalue weighted by atomic mass is 10.0. The van der Waals surface area contributed by atoms with E-state index in [9.17, 15) is 0 Å². The van der Waals surface area contributed by atoms with Gasteiger partial charge in [0.05, 0.1) is 6.42 Å². The Morgan fingerprint density at radius 3 is 3.00 bits per heavy atom. The van der Waals surface area contributed by atoms with Gasteiger partial charge < -0.3 is 9.84 Å². The standard InChI is InChI=1S/C16H21N3O/c1-11(17-2)8-15-18-16(20-19-15)10-12-6-7-13-4-3-5-14(13)9-12/h6-7,9,11,17H,3-5,8,10H2,1-2H3. The Morgan fingerprint density at radius 2 is 2.15 bits per heavy atom. The van der Waals surface area contributed by atoms with Crippen molar-refractivity contribution in [2.75, 3.05) is 7.05 Å². The molecule has 1 aromatic carbocycles. The highest BCUT2D eigenvalue weighted by Gasteiger charge is 2.13. The van der Waals surface area contributed by atoms with E-state index in [0.717, 1.165) is 18.7 Å². The number of nitrogens with zero attached hydrogens (tertiary/aromatic N) is 2. The molecule has 0 spiro atoms. The van der Waals surface area contributed by atoms with Crippen LogP contribution < -0.4 is 5.32 Å². The number of nitrogens with one attached hydrogen (secondary N) is 1. The van der Waals surface area contributed by atoms with Crippen LogP contribution in [0, 0.1) is 0 Å². The predicted molar refractivity (Wildman–Crippen MR) is 77.8 cm³/mol. The van der Waals surface area contributed by atoms with Gasteiger partial charge in [-0.15, -0.1) is 0 Å². The summed E-state index contributed by atoms with van der Waals surface area (Å²) >= 11 is 0. The fourth-order valence-electron chi connectivity index (χ4n) is 2.73. The third-order valence-corrected chi connectivity index (χ3v) is 4.01. The third kappa shape index (κ3) is 2.90. The molecule has 1 aliphatic rings. The summed E-state index contributed by atoms with van der Waals surface area (Å²) in [5.74, 6) is 1.49. The predicted octanol–water partition coefficient (Wildman–Crippen LogP) is 2.30. The van der Waals surface area contributed by atoms with Crippen LogP contribution in [0.25, 0.3) is 0 Å². The molecule has 2 aromatic rings. The second-order valence-corrected chi connectivity index (χ2v) is 5.63. The first-order valence-electron chi connectivity index (χ1n) is 7.34. The molecule has 106 valence electrons. The Bertz CT molecular complexity index is 591. The number of hydrogen-bond acceptors (Lipinski definition) is 4. The normalized spacial score (nSPS) is 15.3. The van der Waals surface area contributed by atoms with Crippen LogP contribution in [-0.4, -0.2) is 23.2 Å². The number of rotatable bonds is 5. The lowest BCUT2D eigenvalue weighted by Crippen LogP contribution is -2.24. The first-order valence-corrected chi connectivity index (χ1v) is 7.34. The van der Waals surface area contributed by atoms with E-state index in [1.165, 1.54) is 36.0 Å². The zero-order valence-electron chi connectivity index (χ0n) is 12.1. The van der Waals surface area contributed by atoms with E-state index < -0.39 is 0 Å². The highest BCUT2D eigenvalue weighted by Crippen LogP contribution is 2.23. The second-order valence-electron chi connectivity index (χ2n) is 5.63. The van der Waals surface area contributed by atoms with E-state index in [0.29, 0.717) is 11.9 Å². The summed E-state index contributed by atoms with van der Waals surface area (Å²) in [4.78, 5) is 4.47. The SMILES string of the molecule is CNC(C)Cc1noc(Cc2ccc3c(c2)CCC3)n1. The summed E-state index contributed by atoms with van der Waals surface area (Å²) in [7, 11) is 1.94. The molecule has 0 amide bonds. The number of benzene rings is 1. The number of hydrogen-bond donors (Lipinski definition) is 1. The first kappa shape index (κ1) is 13.3. The van der Waals surface area contributed by atoms with Gasteiger partial charge in [-0.05, 0) is 49.9 Å². The number of aromatic nitrogens is 2. The minimum absolute atomic E-state index is 0.362. The Kier molecular flexibility index (Phi) is 3.83. The molecule has 20 heavy (non-hydrogen) atoms. The topological polar surface area (TPSA) is 51.0 Å². The number of fused-ring (bicyclic) bond motifs is 1. The molecule has 0 saturated carbocycles. The summed E-state index contributed by atoms with van der Waals surface area (Å²) in [5, 5.41) is 7.23. The molecule has 0 radical (unpaired) electrons. The van der Waals surface area contributed by atoms with Crippen molar-refractivity contribution in [1.82, 2.24) is 15.5 Å². The van der Waals surface area contributed by atoms with E-state index in [2.05, 4.69) is 40.6 Å².